The molecule has 0 radical (unpaired) electrons. The van der Waals surface area contributed by atoms with E-state index >= 15 is 0 Å². The van der Waals surface area contributed by atoms with Gasteiger partial charge in [-0.05, 0) is 35.7 Å². The van der Waals surface area contributed by atoms with Crippen LogP contribution < -0.4 is 0 Å². The van der Waals surface area contributed by atoms with Crippen molar-refractivity contribution in [2.75, 3.05) is 0 Å². The Balaban J connectivity index is 2.19. The molecule has 1 aromatic carbocycles. The molecule has 0 fully saturated rings. The fraction of sp³-hybridized carbons (Fsp3) is 0.167. The third-order valence-electron chi connectivity index (χ3n) is 2.52. The maximum atomic E-state index is 10.9. The molecule has 0 bridgehead atoms. The van der Waals surface area contributed by atoms with Gasteiger partial charge in [0, 0.05) is 19.4 Å². The fourth-order valence-electron chi connectivity index (χ4n) is 1.68. The summed E-state index contributed by atoms with van der Waals surface area (Å²) in [5, 5.41) is 0. The van der Waals surface area contributed by atoms with Gasteiger partial charge in [0.15, 0.2) is 0 Å². The molecule has 5 heteroatoms. The summed E-state index contributed by atoms with van der Waals surface area (Å²) in [5.74, 6) is 0. The van der Waals surface area contributed by atoms with E-state index in [1.54, 1.807) is 12.1 Å². The zero-order valence-corrected chi connectivity index (χ0v) is 10.2. The van der Waals surface area contributed by atoms with Crippen molar-refractivity contribution in [3.8, 4) is 0 Å². The second kappa shape index (κ2) is 4.35. The predicted octanol–water partition coefficient (Wildman–Crippen LogP) is 1.86. The third kappa shape index (κ3) is 2.95. The van der Waals surface area contributed by atoms with Crippen molar-refractivity contribution in [3.63, 3.8) is 0 Å². The van der Waals surface area contributed by atoms with Crippen LogP contribution in [0.25, 0.3) is 0 Å². The quantitative estimate of drug-likeness (QED) is 0.847. The van der Waals surface area contributed by atoms with Crippen LogP contribution in [0.5, 0.6) is 0 Å². The lowest BCUT2D eigenvalue weighted by atomic mass is 10.1. The van der Waals surface area contributed by atoms with E-state index in [4.69, 9.17) is 4.55 Å². The Morgan fingerprint density at radius 2 is 1.76 bits per heavy atom. The molecule has 1 heterocycles. The number of hydrogen-bond donors (Lipinski definition) is 1. The molecule has 1 aromatic heterocycles. The Hall–Kier alpha value is -1.59. The lowest BCUT2D eigenvalue weighted by molar-refractivity contribution is 0.483. The van der Waals surface area contributed by atoms with Gasteiger partial charge < -0.3 is 4.57 Å². The minimum absolute atomic E-state index is 0.0747. The number of aromatic nitrogens is 1. The Kier molecular flexibility index (Phi) is 3.04. The van der Waals surface area contributed by atoms with E-state index in [1.807, 2.05) is 30.1 Å². The van der Waals surface area contributed by atoms with E-state index in [-0.39, 0.29) is 4.90 Å². The molecule has 17 heavy (non-hydrogen) atoms. The Morgan fingerprint density at radius 3 is 2.24 bits per heavy atom. The van der Waals surface area contributed by atoms with Crippen molar-refractivity contribution in [2.24, 2.45) is 7.05 Å². The monoisotopic (exact) mass is 251 g/mol. The highest BCUT2D eigenvalue weighted by atomic mass is 32.2. The van der Waals surface area contributed by atoms with Crippen LogP contribution in [-0.2, 0) is 23.6 Å². The van der Waals surface area contributed by atoms with Gasteiger partial charge in [0.25, 0.3) is 10.1 Å². The largest absolute Gasteiger partial charge is 0.357 e. The van der Waals surface area contributed by atoms with E-state index in [2.05, 4.69) is 0 Å². The smallest absolute Gasteiger partial charge is 0.294 e. The maximum Gasteiger partial charge on any atom is 0.294 e. The molecule has 0 spiro atoms. The molecule has 0 unspecified atom stereocenters. The van der Waals surface area contributed by atoms with Gasteiger partial charge in [0.2, 0.25) is 0 Å². The lowest BCUT2D eigenvalue weighted by Gasteiger charge is -2.01. The van der Waals surface area contributed by atoms with Crippen molar-refractivity contribution in [1.82, 2.24) is 4.57 Å². The van der Waals surface area contributed by atoms with Gasteiger partial charge >= 0.3 is 0 Å². The molecule has 0 amide bonds. The predicted molar refractivity (Wildman–Crippen MR) is 64.5 cm³/mol. The number of rotatable bonds is 3. The Bertz CT molecular complexity index is 611. The fourth-order valence-corrected chi connectivity index (χ4v) is 2.16. The first kappa shape index (κ1) is 11.9. The first-order valence-electron chi connectivity index (χ1n) is 5.12. The van der Waals surface area contributed by atoms with E-state index in [0.29, 0.717) is 0 Å². The van der Waals surface area contributed by atoms with Crippen LogP contribution in [0.4, 0.5) is 0 Å². The van der Waals surface area contributed by atoms with Crippen molar-refractivity contribution < 1.29 is 13.0 Å². The molecule has 2 rings (SSSR count). The molecule has 0 saturated carbocycles. The zero-order chi connectivity index (χ0) is 12.5. The van der Waals surface area contributed by atoms with E-state index in [9.17, 15) is 8.42 Å². The Morgan fingerprint density at radius 1 is 1.12 bits per heavy atom. The molecular formula is C12H13NO3S. The van der Waals surface area contributed by atoms with Gasteiger partial charge in [-0.25, -0.2) is 0 Å². The average molecular weight is 251 g/mol. The van der Waals surface area contributed by atoms with Gasteiger partial charge in [0.05, 0.1) is 4.90 Å². The van der Waals surface area contributed by atoms with Crippen LogP contribution in [0.3, 0.4) is 0 Å². The SMILES string of the molecule is Cn1ccc(Cc2ccc(S(=O)(=O)O)cc2)c1. The minimum atomic E-state index is -4.09. The summed E-state index contributed by atoms with van der Waals surface area (Å²) < 4.78 is 32.5. The maximum absolute atomic E-state index is 10.9. The van der Waals surface area contributed by atoms with Gasteiger partial charge in [-0.1, -0.05) is 12.1 Å². The van der Waals surface area contributed by atoms with Crippen molar-refractivity contribution in [1.29, 1.82) is 0 Å². The first-order chi connectivity index (χ1) is 7.95. The molecule has 0 aliphatic rings. The second-order valence-electron chi connectivity index (χ2n) is 3.98. The highest BCUT2D eigenvalue weighted by Gasteiger charge is 2.08. The highest BCUT2D eigenvalue weighted by molar-refractivity contribution is 7.85. The van der Waals surface area contributed by atoms with Crippen LogP contribution in [0.2, 0.25) is 0 Å². The van der Waals surface area contributed by atoms with Crippen molar-refractivity contribution >= 4 is 10.1 Å². The molecule has 2 aromatic rings. The summed E-state index contributed by atoms with van der Waals surface area (Å²) in [5.41, 5.74) is 2.16. The zero-order valence-electron chi connectivity index (χ0n) is 9.37. The molecule has 0 aliphatic heterocycles. The number of aryl methyl sites for hydroxylation is 1. The number of hydrogen-bond acceptors (Lipinski definition) is 2. The molecule has 0 saturated heterocycles. The van der Waals surface area contributed by atoms with Crippen molar-refractivity contribution in [3.05, 3.63) is 53.9 Å². The van der Waals surface area contributed by atoms with E-state index < -0.39 is 10.1 Å². The van der Waals surface area contributed by atoms with Crippen LogP contribution in [0, 0.1) is 0 Å². The summed E-state index contributed by atoms with van der Waals surface area (Å²) in [6.07, 6.45) is 4.71. The van der Waals surface area contributed by atoms with Gasteiger partial charge in [-0.2, -0.15) is 8.42 Å². The molecule has 0 atom stereocenters. The Labute approximate surface area is 100 Å². The standard InChI is InChI=1S/C12H13NO3S/c1-13-7-6-11(9-13)8-10-2-4-12(5-3-10)17(14,15)16/h2-7,9H,8H2,1H3,(H,14,15,16). The third-order valence-corrected chi connectivity index (χ3v) is 3.39. The second-order valence-corrected chi connectivity index (χ2v) is 5.40. The van der Waals surface area contributed by atoms with Gasteiger partial charge in [-0.3, -0.25) is 4.55 Å². The molecular weight excluding hydrogens is 238 g/mol. The molecule has 0 aliphatic carbocycles. The summed E-state index contributed by atoms with van der Waals surface area (Å²) in [4.78, 5) is -0.0747. The summed E-state index contributed by atoms with van der Waals surface area (Å²) in [7, 11) is -2.14. The van der Waals surface area contributed by atoms with Crippen LogP contribution in [-0.4, -0.2) is 17.5 Å². The average Bonchev–Trinajstić information content (AvgIpc) is 2.63. The van der Waals surface area contributed by atoms with Crippen molar-refractivity contribution in [2.45, 2.75) is 11.3 Å². The van der Waals surface area contributed by atoms with Crippen LogP contribution in [0.1, 0.15) is 11.1 Å². The van der Waals surface area contributed by atoms with Gasteiger partial charge in [-0.15, -0.1) is 0 Å². The normalized spacial score (nSPS) is 11.6. The highest BCUT2D eigenvalue weighted by Crippen LogP contribution is 2.13. The van der Waals surface area contributed by atoms with E-state index in [0.717, 1.165) is 17.5 Å². The summed E-state index contributed by atoms with van der Waals surface area (Å²) >= 11 is 0. The van der Waals surface area contributed by atoms with E-state index in [1.165, 1.54) is 12.1 Å². The van der Waals surface area contributed by atoms with Gasteiger partial charge in [0.1, 0.15) is 0 Å². The lowest BCUT2D eigenvalue weighted by Crippen LogP contribution is -1.98. The molecule has 1 N–H and O–H groups in total. The summed E-state index contributed by atoms with van der Waals surface area (Å²) in [6.45, 7) is 0. The summed E-state index contributed by atoms with van der Waals surface area (Å²) in [6, 6.07) is 8.24. The van der Waals surface area contributed by atoms with Crippen LogP contribution in [0.15, 0.2) is 47.6 Å². The minimum Gasteiger partial charge on any atom is -0.357 e. The molecule has 90 valence electrons. The number of nitrogens with zero attached hydrogens (tertiary/aromatic N) is 1. The topological polar surface area (TPSA) is 59.3 Å². The van der Waals surface area contributed by atoms with Crippen LogP contribution >= 0.6 is 0 Å². The number of benzene rings is 1. The first-order valence-corrected chi connectivity index (χ1v) is 6.56. The molecule has 4 nitrogen and oxygen atoms in total.